The molecule has 0 radical (unpaired) electrons. The normalized spacial score (nSPS) is 9.85. The number of hydrogen-bond donors (Lipinski definition) is 1. The fraction of sp³-hybridized carbons (Fsp3) is 0.250. The van der Waals surface area contributed by atoms with Crippen molar-refractivity contribution >= 4 is 28.9 Å². The summed E-state index contributed by atoms with van der Waals surface area (Å²) in [5, 5.41) is 0.566. The summed E-state index contributed by atoms with van der Waals surface area (Å²) < 4.78 is 9.91. The van der Waals surface area contributed by atoms with Gasteiger partial charge in [0.1, 0.15) is 15.8 Å². The summed E-state index contributed by atoms with van der Waals surface area (Å²) in [5.74, 6) is 0.803. The third-order valence-electron chi connectivity index (χ3n) is 1.58. The molecule has 72 valence electrons. The number of ether oxygens (including phenoxy) is 2. The van der Waals surface area contributed by atoms with Crippen LogP contribution < -0.4 is 15.2 Å². The quantitative estimate of drug-likeness (QED) is 0.782. The first-order valence-electron chi connectivity index (χ1n) is 3.47. The molecule has 1 aromatic rings. The summed E-state index contributed by atoms with van der Waals surface area (Å²) in [6.45, 7) is 0. The summed E-state index contributed by atoms with van der Waals surface area (Å²) in [7, 11) is 2.96. The zero-order valence-electron chi connectivity index (χ0n) is 7.23. The second kappa shape index (κ2) is 3.94. The Hall–Kier alpha value is -0.800. The van der Waals surface area contributed by atoms with Crippen LogP contribution in [0.5, 0.6) is 11.5 Å². The minimum atomic E-state index is 0.265. The second-order valence-electron chi connectivity index (χ2n) is 2.33. The SMILES string of the molecule is COc1cc(N)c(OC)c(Cl)c1Cl. The van der Waals surface area contributed by atoms with Gasteiger partial charge in [-0.25, -0.2) is 0 Å². The largest absolute Gasteiger partial charge is 0.495 e. The van der Waals surface area contributed by atoms with Gasteiger partial charge in [-0.2, -0.15) is 0 Å². The van der Waals surface area contributed by atoms with Crippen LogP contribution in [0.4, 0.5) is 5.69 Å². The highest BCUT2D eigenvalue weighted by Gasteiger charge is 2.14. The highest BCUT2D eigenvalue weighted by Crippen LogP contribution is 2.42. The lowest BCUT2D eigenvalue weighted by Gasteiger charge is -2.11. The van der Waals surface area contributed by atoms with Crippen molar-refractivity contribution in [2.45, 2.75) is 0 Å². The van der Waals surface area contributed by atoms with Gasteiger partial charge in [-0.15, -0.1) is 0 Å². The first kappa shape index (κ1) is 10.3. The monoisotopic (exact) mass is 221 g/mol. The number of halogens is 2. The van der Waals surface area contributed by atoms with Gasteiger partial charge >= 0.3 is 0 Å². The van der Waals surface area contributed by atoms with Gasteiger partial charge in [0.2, 0.25) is 0 Å². The van der Waals surface area contributed by atoms with E-state index in [1.54, 1.807) is 6.07 Å². The van der Waals surface area contributed by atoms with Crippen LogP contribution in [0.3, 0.4) is 0 Å². The van der Waals surface area contributed by atoms with Crippen LogP contribution in [-0.4, -0.2) is 14.2 Å². The molecule has 5 heteroatoms. The molecule has 0 saturated heterocycles. The number of hydrogen-bond acceptors (Lipinski definition) is 3. The van der Waals surface area contributed by atoms with Crippen LogP contribution in [0.25, 0.3) is 0 Å². The smallest absolute Gasteiger partial charge is 0.162 e. The highest BCUT2D eigenvalue weighted by atomic mass is 35.5. The van der Waals surface area contributed by atoms with Gasteiger partial charge in [0.15, 0.2) is 5.75 Å². The van der Waals surface area contributed by atoms with Crippen molar-refractivity contribution in [3.63, 3.8) is 0 Å². The molecule has 3 nitrogen and oxygen atoms in total. The zero-order valence-corrected chi connectivity index (χ0v) is 8.74. The summed E-state index contributed by atoms with van der Waals surface area (Å²) >= 11 is 11.7. The number of nitrogens with two attached hydrogens (primary N) is 1. The highest BCUT2D eigenvalue weighted by molar-refractivity contribution is 6.44. The third kappa shape index (κ3) is 1.76. The van der Waals surface area contributed by atoms with Gasteiger partial charge in [-0.05, 0) is 0 Å². The lowest BCUT2D eigenvalue weighted by molar-refractivity contribution is 0.405. The average Bonchev–Trinajstić information content (AvgIpc) is 2.12. The van der Waals surface area contributed by atoms with E-state index in [4.69, 9.17) is 38.4 Å². The standard InChI is InChI=1S/C8H9Cl2NO2/c1-12-5-3-4(11)8(13-2)7(10)6(5)9/h3H,11H2,1-2H3. The van der Waals surface area contributed by atoms with Gasteiger partial charge in [0.05, 0.1) is 19.9 Å². The third-order valence-corrected chi connectivity index (χ3v) is 2.41. The molecule has 0 heterocycles. The number of benzene rings is 1. The summed E-state index contributed by atoms with van der Waals surface area (Å²) in [4.78, 5) is 0. The molecular weight excluding hydrogens is 213 g/mol. The maximum atomic E-state index is 5.87. The van der Waals surface area contributed by atoms with Crippen molar-refractivity contribution in [1.29, 1.82) is 0 Å². The van der Waals surface area contributed by atoms with Crippen LogP contribution in [0.1, 0.15) is 0 Å². The van der Waals surface area contributed by atoms with Crippen LogP contribution in [-0.2, 0) is 0 Å². The van der Waals surface area contributed by atoms with E-state index in [1.165, 1.54) is 14.2 Å². The lowest BCUT2D eigenvalue weighted by atomic mass is 10.3. The molecule has 13 heavy (non-hydrogen) atoms. The van der Waals surface area contributed by atoms with Crippen LogP contribution in [0.15, 0.2) is 6.07 Å². The van der Waals surface area contributed by atoms with Crippen molar-refractivity contribution in [3.05, 3.63) is 16.1 Å². The van der Waals surface area contributed by atoms with E-state index in [0.717, 1.165) is 0 Å². The fourth-order valence-electron chi connectivity index (χ4n) is 0.961. The van der Waals surface area contributed by atoms with E-state index in [0.29, 0.717) is 22.2 Å². The Labute approximate surface area is 86.3 Å². The molecule has 0 aliphatic heterocycles. The van der Waals surface area contributed by atoms with Crippen molar-refractivity contribution in [2.24, 2.45) is 0 Å². The van der Waals surface area contributed by atoms with Gasteiger partial charge in [-0.1, -0.05) is 23.2 Å². The fourth-order valence-corrected chi connectivity index (χ4v) is 1.46. The summed E-state index contributed by atoms with van der Waals surface area (Å²) in [5.41, 5.74) is 6.03. The molecule has 0 atom stereocenters. The number of methoxy groups -OCH3 is 2. The molecule has 0 bridgehead atoms. The molecule has 0 fully saturated rings. The van der Waals surface area contributed by atoms with Crippen molar-refractivity contribution < 1.29 is 9.47 Å². The molecule has 1 aromatic carbocycles. The Kier molecular flexibility index (Phi) is 3.12. The van der Waals surface area contributed by atoms with Gasteiger partial charge in [0.25, 0.3) is 0 Å². The van der Waals surface area contributed by atoms with E-state index >= 15 is 0 Å². The Morgan fingerprint density at radius 3 is 2.23 bits per heavy atom. The van der Waals surface area contributed by atoms with E-state index in [1.807, 2.05) is 0 Å². The molecule has 0 saturated carbocycles. The Balaban J connectivity index is 3.37. The molecule has 0 aliphatic rings. The first-order valence-corrected chi connectivity index (χ1v) is 4.22. The molecule has 2 N–H and O–H groups in total. The Bertz CT molecular complexity index is 328. The molecule has 0 spiro atoms. The van der Waals surface area contributed by atoms with Gasteiger partial charge in [-0.3, -0.25) is 0 Å². The topological polar surface area (TPSA) is 44.5 Å². The Morgan fingerprint density at radius 2 is 1.77 bits per heavy atom. The van der Waals surface area contributed by atoms with E-state index in [2.05, 4.69) is 0 Å². The predicted molar refractivity (Wildman–Crippen MR) is 54.0 cm³/mol. The van der Waals surface area contributed by atoms with Crippen molar-refractivity contribution in [1.82, 2.24) is 0 Å². The predicted octanol–water partition coefficient (Wildman–Crippen LogP) is 2.59. The lowest BCUT2D eigenvalue weighted by Crippen LogP contribution is -1.95. The van der Waals surface area contributed by atoms with Crippen LogP contribution in [0, 0.1) is 0 Å². The van der Waals surface area contributed by atoms with Gasteiger partial charge in [0, 0.05) is 6.07 Å². The van der Waals surface area contributed by atoms with E-state index in [-0.39, 0.29) is 5.02 Å². The van der Waals surface area contributed by atoms with E-state index in [9.17, 15) is 0 Å². The minimum Gasteiger partial charge on any atom is -0.495 e. The molecule has 0 amide bonds. The number of anilines is 1. The van der Waals surface area contributed by atoms with Gasteiger partial charge < -0.3 is 15.2 Å². The molecule has 0 aliphatic carbocycles. The van der Waals surface area contributed by atoms with Crippen LogP contribution in [0.2, 0.25) is 10.0 Å². The minimum absolute atomic E-state index is 0.265. The average molecular weight is 222 g/mol. The molecular formula is C8H9Cl2NO2. The molecule has 1 rings (SSSR count). The maximum Gasteiger partial charge on any atom is 0.162 e. The summed E-state index contributed by atoms with van der Waals surface area (Å²) in [6, 6.07) is 1.56. The number of rotatable bonds is 2. The second-order valence-corrected chi connectivity index (χ2v) is 3.09. The Morgan fingerprint density at radius 1 is 1.15 bits per heavy atom. The summed E-state index contributed by atoms with van der Waals surface area (Å²) in [6.07, 6.45) is 0. The molecule has 0 unspecified atom stereocenters. The number of nitrogen functional groups attached to an aromatic ring is 1. The molecule has 0 aromatic heterocycles. The van der Waals surface area contributed by atoms with Crippen molar-refractivity contribution in [3.8, 4) is 11.5 Å². The van der Waals surface area contributed by atoms with E-state index < -0.39 is 0 Å². The van der Waals surface area contributed by atoms with Crippen molar-refractivity contribution in [2.75, 3.05) is 20.0 Å². The van der Waals surface area contributed by atoms with Crippen LogP contribution >= 0.6 is 23.2 Å². The first-order chi connectivity index (χ1) is 6.11. The zero-order chi connectivity index (χ0) is 10.0. The maximum absolute atomic E-state index is 5.87.